The summed E-state index contributed by atoms with van der Waals surface area (Å²) in [5.74, 6) is -1.22. The maximum atomic E-state index is 11.7. The van der Waals surface area contributed by atoms with Crippen LogP contribution in [0.4, 0.5) is 0 Å². The van der Waals surface area contributed by atoms with Gasteiger partial charge in [-0.1, -0.05) is 0 Å². The first kappa shape index (κ1) is 11.4. The number of nitrogens with zero attached hydrogens (tertiary/aromatic N) is 2. The van der Waals surface area contributed by atoms with E-state index in [1.165, 1.54) is 10.7 Å². The fraction of sp³-hybridized carbons (Fsp3) is 0.500. The van der Waals surface area contributed by atoms with Gasteiger partial charge in [0.2, 0.25) is 0 Å². The van der Waals surface area contributed by atoms with Gasteiger partial charge in [-0.05, 0) is 33.8 Å². The molecule has 0 saturated carbocycles. The van der Waals surface area contributed by atoms with Gasteiger partial charge in [-0.15, -0.1) is 0 Å². The average molecular weight is 210 g/mol. The monoisotopic (exact) mass is 210 g/mol. The molecule has 1 heterocycles. The van der Waals surface area contributed by atoms with Gasteiger partial charge in [0.1, 0.15) is 5.56 Å². The van der Waals surface area contributed by atoms with Gasteiger partial charge >= 0.3 is 5.97 Å². The van der Waals surface area contributed by atoms with E-state index in [2.05, 4.69) is 5.10 Å². The summed E-state index contributed by atoms with van der Waals surface area (Å²) in [6.07, 6.45) is 0. The van der Waals surface area contributed by atoms with Crippen LogP contribution in [0.1, 0.15) is 36.8 Å². The van der Waals surface area contributed by atoms with E-state index in [-0.39, 0.29) is 5.56 Å². The molecule has 0 amide bonds. The maximum Gasteiger partial charge on any atom is 0.341 e. The minimum Gasteiger partial charge on any atom is -0.477 e. The summed E-state index contributed by atoms with van der Waals surface area (Å²) < 4.78 is 1.20. The van der Waals surface area contributed by atoms with Crippen molar-refractivity contribution in [2.45, 2.75) is 33.2 Å². The third kappa shape index (κ3) is 2.23. The topological polar surface area (TPSA) is 72.2 Å². The molecule has 0 aliphatic carbocycles. The summed E-state index contributed by atoms with van der Waals surface area (Å²) in [7, 11) is 0. The van der Waals surface area contributed by atoms with Crippen LogP contribution in [0.25, 0.3) is 0 Å². The maximum absolute atomic E-state index is 11.7. The molecule has 1 aromatic rings. The molecule has 1 N–H and O–H groups in total. The van der Waals surface area contributed by atoms with Gasteiger partial charge in [0.15, 0.2) is 0 Å². The molecule has 5 nitrogen and oxygen atoms in total. The lowest BCUT2D eigenvalue weighted by molar-refractivity contribution is 0.0692. The molecule has 15 heavy (non-hydrogen) atoms. The van der Waals surface area contributed by atoms with Crippen LogP contribution in [-0.2, 0) is 5.54 Å². The first-order chi connectivity index (χ1) is 6.73. The summed E-state index contributed by atoms with van der Waals surface area (Å²) >= 11 is 0. The van der Waals surface area contributed by atoms with Crippen molar-refractivity contribution in [3.05, 3.63) is 27.7 Å². The van der Waals surface area contributed by atoms with Crippen LogP contribution < -0.4 is 5.56 Å². The molecule has 0 unspecified atom stereocenters. The zero-order chi connectivity index (χ0) is 11.8. The number of aromatic carboxylic acids is 1. The lowest BCUT2D eigenvalue weighted by atomic mass is 10.1. The molecule has 0 bridgehead atoms. The number of carbonyl (C=O) groups is 1. The largest absolute Gasteiger partial charge is 0.477 e. The molecule has 82 valence electrons. The third-order valence-corrected chi connectivity index (χ3v) is 1.90. The highest BCUT2D eigenvalue weighted by Crippen LogP contribution is 2.09. The van der Waals surface area contributed by atoms with E-state index in [1.807, 2.05) is 0 Å². The Morgan fingerprint density at radius 2 is 2.00 bits per heavy atom. The molecule has 0 aliphatic heterocycles. The second-order valence-electron chi connectivity index (χ2n) is 4.39. The average Bonchev–Trinajstić information content (AvgIpc) is 2.06. The first-order valence-electron chi connectivity index (χ1n) is 4.58. The van der Waals surface area contributed by atoms with Crippen LogP contribution in [-0.4, -0.2) is 20.9 Å². The Hall–Kier alpha value is -1.65. The van der Waals surface area contributed by atoms with Gasteiger partial charge in [-0.2, -0.15) is 5.10 Å². The molecule has 1 aromatic heterocycles. The second kappa shape index (κ2) is 3.49. The minimum absolute atomic E-state index is 0.238. The van der Waals surface area contributed by atoms with E-state index in [1.54, 1.807) is 27.7 Å². The molecular formula is C10H14N2O3. The molecule has 0 aliphatic rings. The minimum atomic E-state index is -1.22. The van der Waals surface area contributed by atoms with Gasteiger partial charge in [-0.3, -0.25) is 4.79 Å². The highest BCUT2D eigenvalue weighted by Gasteiger charge is 2.21. The van der Waals surface area contributed by atoms with Crippen LogP contribution in [0.5, 0.6) is 0 Å². The van der Waals surface area contributed by atoms with Crippen molar-refractivity contribution in [1.82, 2.24) is 9.78 Å². The number of rotatable bonds is 1. The standard InChI is InChI=1S/C10H14N2O3/c1-6-5-7(9(14)15)8(13)12(11-6)10(2,3)4/h5H,1-4H3,(H,14,15). The Kier molecular flexibility index (Phi) is 2.66. The van der Waals surface area contributed by atoms with Crippen molar-refractivity contribution < 1.29 is 9.90 Å². The molecule has 1 rings (SSSR count). The molecule has 0 saturated heterocycles. The first-order valence-corrected chi connectivity index (χ1v) is 4.58. The normalized spacial score (nSPS) is 11.5. The smallest absolute Gasteiger partial charge is 0.341 e. The van der Waals surface area contributed by atoms with Crippen molar-refractivity contribution >= 4 is 5.97 Å². The van der Waals surface area contributed by atoms with E-state index >= 15 is 0 Å². The molecule has 0 radical (unpaired) electrons. The Balaban J connectivity index is 3.57. The molecule has 0 fully saturated rings. The lowest BCUT2D eigenvalue weighted by Gasteiger charge is -2.21. The number of hydrogen-bond acceptors (Lipinski definition) is 3. The highest BCUT2D eigenvalue weighted by molar-refractivity contribution is 5.87. The molecule has 0 atom stereocenters. The van der Waals surface area contributed by atoms with Gasteiger partial charge in [0, 0.05) is 0 Å². The fourth-order valence-corrected chi connectivity index (χ4v) is 1.22. The fourth-order valence-electron chi connectivity index (χ4n) is 1.22. The van der Waals surface area contributed by atoms with Crippen LogP contribution >= 0.6 is 0 Å². The Labute approximate surface area is 87.4 Å². The van der Waals surface area contributed by atoms with Crippen molar-refractivity contribution in [2.75, 3.05) is 0 Å². The van der Waals surface area contributed by atoms with Crippen molar-refractivity contribution in [3.8, 4) is 0 Å². The predicted molar refractivity (Wildman–Crippen MR) is 55.2 cm³/mol. The summed E-state index contributed by atoms with van der Waals surface area (Å²) in [6.45, 7) is 7.06. The van der Waals surface area contributed by atoms with Crippen LogP contribution in [0, 0.1) is 6.92 Å². The van der Waals surface area contributed by atoms with E-state index in [9.17, 15) is 9.59 Å². The van der Waals surface area contributed by atoms with Crippen molar-refractivity contribution in [3.63, 3.8) is 0 Å². The van der Waals surface area contributed by atoms with E-state index in [0.29, 0.717) is 5.69 Å². The zero-order valence-electron chi connectivity index (χ0n) is 9.24. The predicted octanol–water partition coefficient (Wildman–Crippen LogP) is 1.00. The highest BCUT2D eigenvalue weighted by atomic mass is 16.4. The van der Waals surface area contributed by atoms with Crippen LogP contribution in [0.3, 0.4) is 0 Å². The SMILES string of the molecule is Cc1cc(C(=O)O)c(=O)n(C(C)(C)C)n1. The van der Waals surface area contributed by atoms with Crippen LogP contribution in [0.2, 0.25) is 0 Å². The number of aromatic nitrogens is 2. The number of hydrogen-bond donors (Lipinski definition) is 1. The third-order valence-electron chi connectivity index (χ3n) is 1.90. The second-order valence-corrected chi connectivity index (χ2v) is 4.39. The Morgan fingerprint density at radius 1 is 1.47 bits per heavy atom. The molecular weight excluding hydrogens is 196 g/mol. The van der Waals surface area contributed by atoms with Gasteiger partial charge in [0.25, 0.3) is 5.56 Å². The van der Waals surface area contributed by atoms with Gasteiger partial charge in [0.05, 0.1) is 11.2 Å². The van der Waals surface area contributed by atoms with E-state index in [4.69, 9.17) is 5.11 Å². The summed E-state index contributed by atoms with van der Waals surface area (Å²) in [6, 6.07) is 1.28. The zero-order valence-corrected chi connectivity index (χ0v) is 9.24. The summed E-state index contributed by atoms with van der Waals surface area (Å²) in [5.41, 5.74) is -0.812. The quantitative estimate of drug-likeness (QED) is 0.750. The number of carboxylic acid groups (broad SMARTS) is 1. The Morgan fingerprint density at radius 3 is 2.40 bits per heavy atom. The Bertz CT molecular complexity index is 455. The van der Waals surface area contributed by atoms with Gasteiger partial charge < -0.3 is 5.11 Å². The number of aryl methyl sites for hydroxylation is 1. The molecule has 0 aromatic carbocycles. The van der Waals surface area contributed by atoms with Crippen molar-refractivity contribution in [1.29, 1.82) is 0 Å². The lowest BCUT2D eigenvalue weighted by Crippen LogP contribution is -2.39. The van der Waals surface area contributed by atoms with Gasteiger partial charge in [-0.25, -0.2) is 9.48 Å². The molecule has 0 spiro atoms. The van der Waals surface area contributed by atoms with Crippen molar-refractivity contribution in [2.24, 2.45) is 0 Å². The van der Waals surface area contributed by atoms with Crippen LogP contribution in [0.15, 0.2) is 10.9 Å². The number of carboxylic acids is 1. The molecule has 5 heteroatoms. The van der Waals surface area contributed by atoms with E-state index < -0.39 is 17.1 Å². The summed E-state index contributed by atoms with van der Waals surface area (Å²) in [4.78, 5) is 22.5. The summed E-state index contributed by atoms with van der Waals surface area (Å²) in [5, 5.41) is 12.9. The van der Waals surface area contributed by atoms with E-state index in [0.717, 1.165) is 0 Å².